The van der Waals surface area contributed by atoms with Gasteiger partial charge >= 0.3 is 5.91 Å². The summed E-state index contributed by atoms with van der Waals surface area (Å²) in [6.45, 7) is 5.79. The minimum absolute atomic E-state index is 0.0212. The molecule has 0 radical (unpaired) electrons. The Morgan fingerprint density at radius 3 is 2.51 bits per heavy atom. The zero-order chi connectivity index (χ0) is 27.7. The Hall–Kier alpha value is -3.66. The Morgan fingerprint density at radius 1 is 1.15 bits per heavy atom. The molecule has 5 rings (SSSR count). The highest BCUT2D eigenvalue weighted by Gasteiger charge is 2.49. The molecule has 9 nitrogen and oxygen atoms in total. The van der Waals surface area contributed by atoms with Gasteiger partial charge in [0, 0.05) is 36.3 Å². The van der Waals surface area contributed by atoms with Crippen LogP contribution >= 0.6 is 0 Å². The van der Waals surface area contributed by atoms with Crippen LogP contribution in [0.5, 0.6) is 0 Å². The SMILES string of the molecule is Cc1cnc(C)c(-c2ccc(NC(=O)[C@@H](NC(=O)c3ccnn3CCC(C)O)C(C3CC3)C3CC3)[nH+]c2F)c1. The second-order valence-electron chi connectivity index (χ2n) is 11.0. The number of carbonyl (C=O) groups excluding carboxylic acids is 2. The Balaban J connectivity index is 1.36. The zero-order valence-corrected chi connectivity index (χ0v) is 22.6. The van der Waals surface area contributed by atoms with Crippen LogP contribution in [0.4, 0.5) is 10.2 Å². The highest BCUT2D eigenvalue weighted by Crippen LogP contribution is 2.50. The summed E-state index contributed by atoms with van der Waals surface area (Å²) in [5.74, 6) is -0.343. The van der Waals surface area contributed by atoms with Crippen LogP contribution in [0.25, 0.3) is 11.1 Å². The standard InChI is InChI=1S/C29H35FN6O3/c1-16-14-22(18(3)31-15-16)21-8-9-24(33-27(21)30)34-29(39)26(25(19-4-5-19)20-6-7-20)35-28(38)23-10-12-32-36(23)13-11-17(2)37/h8-10,12,14-15,17,19-20,25-26,37H,4-7,11,13H2,1-3H3,(H,35,38)(H,33,34,39)/p+1/t17?,26-/m0/s1. The van der Waals surface area contributed by atoms with Gasteiger partial charge in [-0.05, 0) is 94.4 Å². The molecule has 2 atom stereocenters. The van der Waals surface area contributed by atoms with E-state index >= 15 is 4.39 Å². The number of amides is 2. The molecule has 3 heterocycles. The van der Waals surface area contributed by atoms with Crippen molar-refractivity contribution in [3.8, 4) is 11.1 Å². The van der Waals surface area contributed by atoms with Gasteiger partial charge in [-0.15, -0.1) is 0 Å². The molecule has 0 saturated heterocycles. The lowest BCUT2D eigenvalue weighted by atomic mass is 9.88. The Bertz CT molecular complexity index is 1350. The number of aliphatic hydroxyl groups excluding tert-OH is 1. The minimum Gasteiger partial charge on any atom is -0.393 e. The predicted molar refractivity (Wildman–Crippen MR) is 143 cm³/mol. The third kappa shape index (κ3) is 6.33. The number of hydrogen-bond donors (Lipinski definition) is 3. The van der Waals surface area contributed by atoms with Crippen LogP contribution in [-0.2, 0) is 11.3 Å². The summed E-state index contributed by atoms with van der Waals surface area (Å²) in [7, 11) is 0. The van der Waals surface area contributed by atoms with Gasteiger partial charge in [0.2, 0.25) is 0 Å². The Labute approximate surface area is 227 Å². The van der Waals surface area contributed by atoms with E-state index in [1.54, 1.807) is 36.0 Å². The summed E-state index contributed by atoms with van der Waals surface area (Å²) in [4.78, 5) is 34.0. The van der Waals surface area contributed by atoms with Crippen LogP contribution in [0.2, 0.25) is 0 Å². The summed E-state index contributed by atoms with van der Waals surface area (Å²) in [5, 5.41) is 19.7. The highest BCUT2D eigenvalue weighted by molar-refractivity contribution is 6.00. The number of halogens is 1. The first-order chi connectivity index (χ1) is 18.7. The van der Waals surface area contributed by atoms with Crippen molar-refractivity contribution < 1.29 is 24.1 Å². The van der Waals surface area contributed by atoms with E-state index in [-0.39, 0.29) is 17.6 Å². The quantitative estimate of drug-likeness (QED) is 0.325. The average molecular weight is 536 g/mol. The maximum atomic E-state index is 15.2. The van der Waals surface area contributed by atoms with Gasteiger partial charge < -0.3 is 10.4 Å². The van der Waals surface area contributed by atoms with Gasteiger partial charge in [0.05, 0.1) is 11.7 Å². The van der Waals surface area contributed by atoms with Crippen molar-refractivity contribution in [1.29, 1.82) is 0 Å². The predicted octanol–water partition coefficient (Wildman–Crippen LogP) is 3.46. The first-order valence-corrected chi connectivity index (χ1v) is 13.7. The van der Waals surface area contributed by atoms with Gasteiger partial charge in [0.1, 0.15) is 11.7 Å². The topological polar surface area (TPSA) is 123 Å². The number of aromatic amines is 1. The van der Waals surface area contributed by atoms with Crippen molar-refractivity contribution in [3.05, 3.63) is 59.6 Å². The van der Waals surface area contributed by atoms with E-state index in [9.17, 15) is 14.7 Å². The number of anilines is 1. The fraction of sp³-hybridized carbons (Fsp3) is 0.483. The molecule has 2 saturated carbocycles. The minimum atomic E-state index is -0.767. The van der Waals surface area contributed by atoms with E-state index in [4.69, 9.17) is 0 Å². The molecule has 39 heavy (non-hydrogen) atoms. The van der Waals surface area contributed by atoms with Crippen molar-refractivity contribution in [2.75, 3.05) is 5.32 Å². The maximum Gasteiger partial charge on any atom is 0.330 e. The lowest BCUT2D eigenvalue weighted by molar-refractivity contribution is -0.404. The van der Waals surface area contributed by atoms with Crippen molar-refractivity contribution in [2.24, 2.45) is 17.8 Å². The van der Waals surface area contributed by atoms with Crippen molar-refractivity contribution >= 4 is 17.6 Å². The summed E-state index contributed by atoms with van der Waals surface area (Å²) in [6, 6.07) is 5.97. The van der Waals surface area contributed by atoms with Crippen LogP contribution in [0, 0.1) is 37.5 Å². The number of aromatic nitrogens is 4. The molecule has 2 aliphatic rings. The number of aliphatic hydroxyl groups is 1. The van der Waals surface area contributed by atoms with Crippen molar-refractivity contribution in [1.82, 2.24) is 20.1 Å². The van der Waals surface area contributed by atoms with Crippen molar-refractivity contribution in [2.45, 2.75) is 71.6 Å². The van der Waals surface area contributed by atoms with Crippen LogP contribution in [0.3, 0.4) is 0 Å². The second kappa shape index (κ2) is 11.2. The highest BCUT2D eigenvalue weighted by atomic mass is 19.1. The van der Waals surface area contributed by atoms with E-state index in [0.29, 0.717) is 47.3 Å². The average Bonchev–Trinajstić information content (AvgIpc) is 3.83. The normalized spacial score (nSPS) is 16.7. The summed E-state index contributed by atoms with van der Waals surface area (Å²) >= 11 is 0. The molecular formula is C29H36FN6O3+. The fourth-order valence-corrected chi connectivity index (χ4v) is 5.32. The van der Waals surface area contributed by atoms with E-state index < -0.39 is 24.0 Å². The molecule has 10 heteroatoms. The zero-order valence-electron chi connectivity index (χ0n) is 22.6. The van der Waals surface area contributed by atoms with E-state index in [1.165, 1.54) is 6.20 Å². The second-order valence-corrected chi connectivity index (χ2v) is 11.0. The number of aryl methyl sites for hydroxylation is 3. The number of nitrogens with zero attached hydrogens (tertiary/aromatic N) is 3. The molecule has 0 aliphatic heterocycles. The lowest BCUT2D eigenvalue weighted by Crippen LogP contribution is -2.50. The van der Waals surface area contributed by atoms with Gasteiger partial charge in [-0.25, -0.2) is 15.1 Å². The van der Waals surface area contributed by atoms with Gasteiger partial charge in [-0.1, -0.05) is 0 Å². The number of hydrogen-bond acceptors (Lipinski definition) is 5. The molecule has 0 spiro atoms. The maximum absolute atomic E-state index is 15.2. The molecule has 3 aromatic rings. The van der Waals surface area contributed by atoms with Crippen LogP contribution < -0.4 is 15.6 Å². The molecule has 0 aromatic carbocycles. The van der Waals surface area contributed by atoms with Crippen molar-refractivity contribution in [3.63, 3.8) is 0 Å². The van der Waals surface area contributed by atoms with E-state index in [1.807, 2.05) is 19.9 Å². The molecule has 0 bridgehead atoms. The molecule has 2 amide bonds. The molecular weight excluding hydrogens is 499 g/mol. The van der Waals surface area contributed by atoms with Crippen LogP contribution in [0.1, 0.15) is 60.8 Å². The third-order valence-corrected chi connectivity index (χ3v) is 7.66. The number of nitrogens with one attached hydrogen (secondary N) is 3. The Morgan fingerprint density at radius 2 is 1.87 bits per heavy atom. The third-order valence-electron chi connectivity index (χ3n) is 7.66. The molecule has 2 fully saturated rings. The van der Waals surface area contributed by atoms with Gasteiger partial charge in [-0.2, -0.15) is 9.49 Å². The van der Waals surface area contributed by atoms with Gasteiger partial charge in [-0.3, -0.25) is 14.5 Å². The summed E-state index contributed by atoms with van der Waals surface area (Å²) in [5.41, 5.74) is 3.01. The van der Waals surface area contributed by atoms with E-state index in [2.05, 4.69) is 25.7 Å². The molecule has 206 valence electrons. The first-order valence-electron chi connectivity index (χ1n) is 13.7. The van der Waals surface area contributed by atoms with Crippen LogP contribution in [-0.4, -0.2) is 43.8 Å². The Kier molecular flexibility index (Phi) is 7.74. The molecule has 1 unspecified atom stereocenters. The lowest BCUT2D eigenvalue weighted by Gasteiger charge is -2.25. The number of H-pyrrole nitrogens is 1. The van der Waals surface area contributed by atoms with Crippen LogP contribution in [0.15, 0.2) is 36.7 Å². The molecule has 4 N–H and O–H groups in total. The molecule has 3 aromatic heterocycles. The van der Waals surface area contributed by atoms with E-state index in [0.717, 1.165) is 31.2 Å². The van der Waals surface area contributed by atoms with Gasteiger partial charge in [0.15, 0.2) is 0 Å². The summed E-state index contributed by atoms with van der Waals surface area (Å²) < 4.78 is 16.7. The fourth-order valence-electron chi connectivity index (χ4n) is 5.32. The number of carbonyl (C=O) groups is 2. The number of rotatable bonds is 11. The molecule has 2 aliphatic carbocycles. The monoisotopic (exact) mass is 535 g/mol. The van der Waals surface area contributed by atoms with Gasteiger partial charge in [0.25, 0.3) is 17.7 Å². The largest absolute Gasteiger partial charge is 0.393 e. The smallest absolute Gasteiger partial charge is 0.330 e. The first kappa shape index (κ1) is 26.9. The number of pyridine rings is 2. The summed E-state index contributed by atoms with van der Waals surface area (Å²) in [6.07, 6.45) is 7.34.